The standard InChI is InChI=1S/C17H22N2O/c1-12-10-17(20-3)13(2)9-15(12)16(19-18)11-14-7-5-4-6-8-14/h4-10,16,19H,11,18H2,1-3H3. The highest BCUT2D eigenvalue weighted by Crippen LogP contribution is 2.28. The van der Waals surface area contributed by atoms with Crippen molar-refractivity contribution in [3.8, 4) is 5.75 Å². The van der Waals surface area contributed by atoms with E-state index in [2.05, 4.69) is 55.7 Å². The van der Waals surface area contributed by atoms with Crippen LogP contribution in [0.2, 0.25) is 0 Å². The zero-order valence-electron chi connectivity index (χ0n) is 12.3. The molecule has 0 spiro atoms. The first-order valence-corrected chi connectivity index (χ1v) is 6.81. The highest BCUT2D eigenvalue weighted by molar-refractivity contribution is 5.43. The molecule has 0 aliphatic heterocycles. The maximum absolute atomic E-state index is 5.76. The molecule has 0 aromatic heterocycles. The molecule has 0 amide bonds. The van der Waals surface area contributed by atoms with Crippen LogP contribution in [0.25, 0.3) is 0 Å². The third kappa shape index (κ3) is 3.18. The molecule has 0 fully saturated rings. The first-order chi connectivity index (χ1) is 9.65. The van der Waals surface area contributed by atoms with Gasteiger partial charge in [0, 0.05) is 0 Å². The van der Waals surface area contributed by atoms with Gasteiger partial charge in [-0.15, -0.1) is 0 Å². The third-order valence-electron chi connectivity index (χ3n) is 3.64. The van der Waals surface area contributed by atoms with Crippen molar-refractivity contribution in [1.29, 1.82) is 0 Å². The Labute approximate surface area is 120 Å². The van der Waals surface area contributed by atoms with E-state index in [1.165, 1.54) is 16.7 Å². The van der Waals surface area contributed by atoms with E-state index in [1.807, 2.05) is 6.07 Å². The summed E-state index contributed by atoms with van der Waals surface area (Å²) in [5, 5.41) is 0. The van der Waals surface area contributed by atoms with Gasteiger partial charge in [-0.25, -0.2) is 0 Å². The van der Waals surface area contributed by atoms with Crippen LogP contribution in [-0.4, -0.2) is 7.11 Å². The number of nitrogens with one attached hydrogen (secondary N) is 1. The number of rotatable bonds is 5. The van der Waals surface area contributed by atoms with E-state index in [0.717, 1.165) is 17.7 Å². The van der Waals surface area contributed by atoms with Crippen LogP contribution in [0.15, 0.2) is 42.5 Å². The predicted octanol–water partition coefficient (Wildman–Crippen LogP) is 3.06. The van der Waals surface area contributed by atoms with Gasteiger partial charge in [-0.05, 0) is 48.6 Å². The molecule has 2 aromatic rings. The fourth-order valence-electron chi connectivity index (χ4n) is 2.52. The number of nitrogens with two attached hydrogens (primary N) is 1. The number of hydrogen-bond donors (Lipinski definition) is 2. The predicted molar refractivity (Wildman–Crippen MR) is 82.7 cm³/mol. The molecule has 0 saturated carbocycles. The van der Waals surface area contributed by atoms with Crippen LogP contribution in [0, 0.1) is 13.8 Å². The summed E-state index contributed by atoms with van der Waals surface area (Å²) in [6.07, 6.45) is 0.865. The second kappa shape index (κ2) is 6.55. The summed E-state index contributed by atoms with van der Waals surface area (Å²) in [6.45, 7) is 4.14. The first-order valence-electron chi connectivity index (χ1n) is 6.81. The van der Waals surface area contributed by atoms with Crippen molar-refractivity contribution in [2.45, 2.75) is 26.3 Å². The Kier molecular flexibility index (Phi) is 4.77. The molecule has 1 atom stereocenters. The molecule has 3 heteroatoms. The zero-order chi connectivity index (χ0) is 14.5. The second-order valence-electron chi connectivity index (χ2n) is 5.09. The van der Waals surface area contributed by atoms with Gasteiger partial charge in [0.1, 0.15) is 5.75 Å². The SMILES string of the molecule is COc1cc(C)c(C(Cc2ccccc2)NN)cc1C. The Balaban J connectivity index is 2.30. The van der Waals surface area contributed by atoms with Crippen molar-refractivity contribution in [2.75, 3.05) is 7.11 Å². The molecule has 0 aliphatic rings. The van der Waals surface area contributed by atoms with Gasteiger partial charge in [0.2, 0.25) is 0 Å². The van der Waals surface area contributed by atoms with Crippen molar-refractivity contribution in [3.63, 3.8) is 0 Å². The first kappa shape index (κ1) is 14.6. The van der Waals surface area contributed by atoms with Crippen LogP contribution in [-0.2, 0) is 6.42 Å². The average molecular weight is 270 g/mol. The van der Waals surface area contributed by atoms with Gasteiger partial charge in [0.05, 0.1) is 13.2 Å². The Bertz CT molecular complexity index is 567. The van der Waals surface area contributed by atoms with Crippen LogP contribution in [0.3, 0.4) is 0 Å². The zero-order valence-corrected chi connectivity index (χ0v) is 12.3. The number of hydrogen-bond acceptors (Lipinski definition) is 3. The van der Waals surface area contributed by atoms with Crippen LogP contribution < -0.4 is 16.0 Å². The Morgan fingerprint density at radius 2 is 1.80 bits per heavy atom. The van der Waals surface area contributed by atoms with E-state index < -0.39 is 0 Å². The molecular weight excluding hydrogens is 248 g/mol. The molecule has 0 saturated heterocycles. The molecular formula is C17H22N2O. The van der Waals surface area contributed by atoms with Gasteiger partial charge < -0.3 is 4.74 Å². The molecule has 0 bridgehead atoms. The van der Waals surface area contributed by atoms with Crippen molar-refractivity contribution < 1.29 is 4.74 Å². The lowest BCUT2D eigenvalue weighted by Gasteiger charge is -2.20. The monoisotopic (exact) mass is 270 g/mol. The second-order valence-corrected chi connectivity index (χ2v) is 5.09. The maximum Gasteiger partial charge on any atom is 0.122 e. The molecule has 106 valence electrons. The smallest absolute Gasteiger partial charge is 0.122 e. The molecule has 20 heavy (non-hydrogen) atoms. The van der Waals surface area contributed by atoms with Gasteiger partial charge >= 0.3 is 0 Å². The van der Waals surface area contributed by atoms with Crippen LogP contribution in [0.5, 0.6) is 5.75 Å². The number of aryl methyl sites for hydroxylation is 2. The lowest BCUT2D eigenvalue weighted by atomic mass is 9.94. The van der Waals surface area contributed by atoms with Gasteiger partial charge in [0.25, 0.3) is 0 Å². The molecule has 2 rings (SSSR count). The quantitative estimate of drug-likeness (QED) is 0.648. The number of methoxy groups -OCH3 is 1. The summed E-state index contributed by atoms with van der Waals surface area (Å²) in [6, 6.07) is 14.7. The summed E-state index contributed by atoms with van der Waals surface area (Å²) in [7, 11) is 1.70. The summed E-state index contributed by atoms with van der Waals surface area (Å²) < 4.78 is 5.36. The molecule has 0 heterocycles. The molecule has 3 N–H and O–H groups in total. The number of hydrazine groups is 1. The molecule has 0 aliphatic carbocycles. The van der Waals surface area contributed by atoms with Gasteiger partial charge in [-0.1, -0.05) is 36.4 Å². The Hall–Kier alpha value is -1.84. The van der Waals surface area contributed by atoms with E-state index in [-0.39, 0.29) is 6.04 Å². The highest BCUT2D eigenvalue weighted by Gasteiger charge is 2.15. The Morgan fingerprint density at radius 3 is 2.40 bits per heavy atom. The lowest BCUT2D eigenvalue weighted by Crippen LogP contribution is -2.30. The minimum atomic E-state index is 0.0991. The number of benzene rings is 2. The van der Waals surface area contributed by atoms with Gasteiger partial charge in [-0.2, -0.15) is 0 Å². The fraction of sp³-hybridized carbons (Fsp3) is 0.294. The van der Waals surface area contributed by atoms with Crippen LogP contribution >= 0.6 is 0 Å². The van der Waals surface area contributed by atoms with Crippen LogP contribution in [0.1, 0.15) is 28.3 Å². The Morgan fingerprint density at radius 1 is 1.10 bits per heavy atom. The minimum absolute atomic E-state index is 0.0991. The highest BCUT2D eigenvalue weighted by atomic mass is 16.5. The van der Waals surface area contributed by atoms with Crippen LogP contribution in [0.4, 0.5) is 0 Å². The summed E-state index contributed by atoms with van der Waals surface area (Å²) in [5.41, 5.74) is 7.73. The van der Waals surface area contributed by atoms with E-state index in [4.69, 9.17) is 10.6 Å². The van der Waals surface area contributed by atoms with Crippen molar-refractivity contribution in [1.82, 2.24) is 5.43 Å². The normalized spacial score (nSPS) is 12.2. The van der Waals surface area contributed by atoms with Crippen molar-refractivity contribution in [2.24, 2.45) is 5.84 Å². The molecule has 3 nitrogen and oxygen atoms in total. The fourth-order valence-corrected chi connectivity index (χ4v) is 2.52. The largest absolute Gasteiger partial charge is 0.496 e. The lowest BCUT2D eigenvalue weighted by molar-refractivity contribution is 0.410. The summed E-state index contributed by atoms with van der Waals surface area (Å²) in [5.74, 6) is 6.68. The molecule has 1 unspecified atom stereocenters. The topological polar surface area (TPSA) is 47.3 Å². The van der Waals surface area contributed by atoms with Crippen molar-refractivity contribution in [3.05, 3.63) is 64.7 Å². The third-order valence-corrected chi connectivity index (χ3v) is 3.64. The number of ether oxygens (including phenoxy) is 1. The molecule has 2 aromatic carbocycles. The van der Waals surface area contributed by atoms with Crippen molar-refractivity contribution >= 4 is 0 Å². The molecule has 0 radical (unpaired) electrons. The van der Waals surface area contributed by atoms with E-state index in [0.29, 0.717) is 0 Å². The summed E-state index contributed by atoms with van der Waals surface area (Å²) in [4.78, 5) is 0. The minimum Gasteiger partial charge on any atom is -0.496 e. The van der Waals surface area contributed by atoms with E-state index in [9.17, 15) is 0 Å². The maximum atomic E-state index is 5.76. The summed E-state index contributed by atoms with van der Waals surface area (Å²) >= 11 is 0. The van der Waals surface area contributed by atoms with Gasteiger partial charge in [-0.3, -0.25) is 11.3 Å². The van der Waals surface area contributed by atoms with E-state index >= 15 is 0 Å². The average Bonchev–Trinajstić information content (AvgIpc) is 2.48. The van der Waals surface area contributed by atoms with E-state index in [1.54, 1.807) is 7.11 Å². The van der Waals surface area contributed by atoms with Gasteiger partial charge in [0.15, 0.2) is 0 Å².